The minimum atomic E-state index is -1.42. The van der Waals surface area contributed by atoms with Gasteiger partial charge in [0.15, 0.2) is 0 Å². The molecule has 0 aliphatic carbocycles. The second-order valence-corrected chi connectivity index (χ2v) is 5.82. The third-order valence-electron chi connectivity index (χ3n) is 3.87. The maximum atomic E-state index is 10.6. The number of nitro groups is 1. The van der Waals surface area contributed by atoms with Gasteiger partial charge in [0, 0.05) is 62.7 Å². The van der Waals surface area contributed by atoms with E-state index in [1.54, 1.807) is 0 Å². The maximum absolute atomic E-state index is 10.6. The topological polar surface area (TPSA) is 80.4 Å². The molecule has 1 radical (unpaired) electrons. The average molecular weight is 341 g/mol. The number of hydrogen-bond acceptors (Lipinski definition) is 3. The molecule has 1 atom stereocenters. The van der Waals surface area contributed by atoms with Gasteiger partial charge in [-0.25, -0.2) is 4.79 Å². The van der Waals surface area contributed by atoms with Crippen molar-refractivity contribution in [2.75, 3.05) is 0 Å². The molecule has 0 saturated heterocycles. The molecule has 0 bridgehead atoms. The van der Waals surface area contributed by atoms with Crippen LogP contribution in [0.2, 0.25) is 0 Å². The summed E-state index contributed by atoms with van der Waals surface area (Å²) in [6.45, 7) is 2.23. The van der Waals surface area contributed by atoms with Gasteiger partial charge < -0.3 is 5.11 Å². The Balaban J connectivity index is 0. The summed E-state index contributed by atoms with van der Waals surface area (Å²) in [5, 5.41) is 19.2. The summed E-state index contributed by atoms with van der Waals surface area (Å²) in [6.07, 6.45) is 14.4. The summed E-state index contributed by atoms with van der Waals surface area (Å²) < 4.78 is 0. The SMILES string of the molecule is CCCCCCCCCCCCCCC(C(=O)O)[N+](=O)[O-].[K]. The predicted molar refractivity (Wildman–Crippen MR) is 89.9 cm³/mol. The predicted octanol–water partition coefficient (Wildman–Crippen LogP) is 4.43. The van der Waals surface area contributed by atoms with E-state index in [9.17, 15) is 14.9 Å². The molecule has 1 N–H and O–H groups in total. The normalized spacial score (nSPS) is 11.7. The molecule has 0 amide bonds. The van der Waals surface area contributed by atoms with Crippen molar-refractivity contribution in [3.63, 3.8) is 0 Å². The molecule has 125 valence electrons. The number of hydrogen-bond donors (Lipinski definition) is 1. The molecule has 0 aromatic heterocycles. The van der Waals surface area contributed by atoms with Crippen LogP contribution in [-0.2, 0) is 4.79 Å². The Morgan fingerprint density at radius 3 is 1.59 bits per heavy atom. The molecule has 5 nitrogen and oxygen atoms in total. The zero-order chi connectivity index (χ0) is 15.9. The standard InChI is InChI=1S/C16H31NO4.K/c1-2-3-4-5-6-7-8-9-10-11-12-13-14-15(16(18)19)17(20)21;/h15H,2-14H2,1H3,(H,18,19);. The molecule has 0 aromatic carbocycles. The van der Waals surface area contributed by atoms with Crippen LogP contribution >= 0.6 is 0 Å². The van der Waals surface area contributed by atoms with Gasteiger partial charge in [0.1, 0.15) is 0 Å². The minimum absolute atomic E-state index is 0. The van der Waals surface area contributed by atoms with E-state index in [1.807, 2.05) is 0 Å². The van der Waals surface area contributed by atoms with Crippen LogP contribution in [0.3, 0.4) is 0 Å². The van der Waals surface area contributed by atoms with Crippen LogP contribution < -0.4 is 0 Å². The second-order valence-electron chi connectivity index (χ2n) is 5.82. The van der Waals surface area contributed by atoms with Crippen LogP contribution in [0, 0.1) is 10.1 Å². The van der Waals surface area contributed by atoms with Gasteiger partial charge in [0.05, 0.1) is 0 Å². The zero-order valence-electron chi connectivity index (χ0n) is 14.4. The molecule has 0 aromatic rings. The van der Waals surface area contributed by atoms with Crippen molar-refractivity contribution in [2.24, 2.45) is 0 Å². The summed E-state index contributed by atoms with van der Waals surface area (Å²) in [4.78, 5) is 20.4. The first-order valence-corrected chi connectivity index (χ1v) is 8.46. The Morgan fingerprint density at radius 2 is 1.27 bits per heavy atom. The van der Waals surface area contributed by atoms with E-state index in [0.717, 1.165) is 19.3 Å². The Hall–Kier alpha value is 0.506. The monoisotopic (exact) mass is 340 g/mol. The fourth-order valence-corrected chi connectivity index (χ4v) is 2.50. The summed E-state index contributed by atoms with van der Waals surface area (Å²) >= 11 is 0. The van der Waals surface area contributed by atoms with Crippen molar-refractivity contribution in [3.05, 3.63) is 10.1 Å². The van der Waals surface area contributed by atoms with Gasteiger partial charge in [-0.15, -0.1) is 0 Å². The molecule has 0 heterocycles. The molecular weight excluding hydrogens is 309 g/mol. The number of rotatable bonds is 15. The number of carboxylic acid groups (broad SMARTS) is 1. The summed E-state index contributed by atoms with van der Waals surface area (Å²) in [6, 6.07) is -1.42. The molecule has 22 heavy (non-hydrogen) atoms. The fourth-order valence-electron chi connectivity index (χ4n) is 2.50. The Morgan fingerprint density at radius 1 is 0.909 bits per heavy atom. The van der Waals surface area contributed by atoms with Crippen molar-refractivity contribution in [1.29, 1.82) is 0 Å². The molecule has 1 unspecified atom stereocenters. The first-order chi connectivity index (χ1) is 10.1. The van der Waals surface area contributed by atoms with Crippen molar-refractivity contribution in [2.45, 2.75) is 96.4 Å². The third kappa shape index (κ3) is 15.4. The largest absolute Gasteiger partial charge is 0.476 e. The first-order valence-electron chi connectivity index (χ1n) is 8.46. The number of carboxylic acids is 1. The van der Waals surface area contributed by atoms with E-state index >= 15 is 0 Å². The molecule has 6 heteroatoms. The van der Waals surface area contributed by atoms with Crippen LogP contribution in [0.4, 0.5) is 0 Å². The molecule has 0 rings (SSSR count). The van der Waals surface area contributed by atoms with Gasteiger partial charge in [-0.1, -0.05) is 77.6 Å². The second kappa shape index (κ2) is 17.9. The van der Waals surface area contributed by atoms with E-state index in [2.05, 4.69) is 6.92 Å². The molecule has 0 aliphatic heterocycles. The Labute approximate surface area is 177 Å². The molecule has 0 aliphatic rings. The zero-order valence-corrected chi connectivity index (χ0v) is 17.5. The van der Waals surface area contributed by atoms with Crippen molar-refractivity contribution >= 4 is 57.4 Å². The molecule has 0 fully saturated rings. The minimum Gasteiger partial charge on any atom is -0.476 e. The van der Waals surface area contributed by atoms with Crippen LogP contribution in [0.1, 0.15) is 90.4 Å². The van der Waals surface area contributed by atoms with E-state index in [0.29, 0.717) is 6.42 Å². The first kappa shape index (κ1) is 24.8. The Kier molecular flexibility index (Phi) is 20.1. The van der Waals surface area contributed by atoms with Gasteiger partial charge in [-0.3, -0.25) is 10.1 Å². The van der Waals surface area contributed by atoms with Gasteiger partial charge in [0.25, 0.3) is 0 Å². The molecule has 0 saturated carbocycles. The number of unbranched alkanes of at least 4 members (excludes halogenated alkanes) is 11. The molecule has 0 spiro atoms. The van der Waals surface area contributed by atoms with Gasteiger partial charge in [-0.05, 0) is 6.42 Å². The van der Waals surface area contributed by atoms with Gasteiger partial charge in [0.2, 0.25) is 0 Å². The van der Waals surface area contributed by atoms with E-state index in [-0.39, 0.29) is 57.8 Å². The van der Waals surface area contributed by atoms with E-state index < -0.39 is 16.9 Å². The molecular formula is C16H31KNO4. The summed E-state index contributed by atoms with van der Waals surface area (Å²) in [5.74, 6) is -1.32. The Bertz CT molecular complexity index is 273. The van der Waals surface area contributed by atoms with Gasteiger partial charge in [-0.2, -0.15) is 0 Å². The van der Waals surface area contributed by atoms with E-state index in [4.69, 9.17) is 5.11 Å². The van der Waals surface area contributed by atoms with Crippen LogP contribution in [-0.4, -0.2) is 73.4 Å². The van der Waals surface area contributed by atoms with Crippen molar-refractivity contribution in [3.8, 4) is 0 Å². The number of aliphatic carboxylic acids is 1. The van der Waals surface area contributed by atoms with Crippen LogP contribution in [0.25, 0.3) is 0 Å². The maximum Gasteiger partial charge on any atom is 0.379 e. The van der Waals surface area contributed by atoms with Crippen molar-refractivity contribution in [1.82, 2.24) is 0 Å². The number of nitrogens with zero attached hydrogens (tertiary/aromatic N) is 1. The van der Waals surface area contributed by atoms with Crippen molar-refractivity contribution < 1.29 is 14.8 Å². The van der Waals surface area contributed by atoms with Gasteiger partial charge >= 0.3 is 12.0 Å². The average Bonchev–Trinajstić information content (AvgIpc) is 2.43. The van der Waals surface area contributed by atoms with Crippen LogP contribution in [0.15, 0.2) is 0 Å². The summed E-state index contributed by atoms with van der Waals surface area (Å²) in [7, 11) is 0. The smallest absolute Gasteiger partial charge is 0.379 e. The third-order valence-corrected chi connectivity index (χ3v) is 3.87. The van der Waals surface area contributed by atoms with Crippen LogP contribution in [0.5, 0.6) is 0 Å². The quantitative estimate of drug-likeness (QED) is 0.207. The number of carbonyl (C=O) groups is 1. The summed E-state index contributed by atoms with van der Waals surface area (Å²) in [5.41, 5.74) is 0. The fraction of sp³-hybridized carbons (Fsp3) is 0.938. The van der Waals surface area contributed by atoms with E-state index in [1.165, 1.54) is 51.4 Å².